The molecule has 0 aromatic heterocycles. The fraction of sp³-hybridized carbons (Fsp3) is 0. The van der Waals surface area contributed by atoms with E-state index in [0.29, 0.717) is 11.5 Å². The highest BCUT2D eigenvalue weighted by Gasteiger charge is 2.28. The van der Waals surface area contributed by atoms with Gasteiger partial charge in [0.05, 0.1) is 10.9 Å². The SMILES string of the molecule is Fc1cccc(Oc2ccc([S+](c3ccccc3)c3ccccc3)cc2)c1. The Morgan fingerprint density at radius 2 is 1.07 bits per heavy atom. The van der Waals surface area contributed by atoms with Crippen molar-refractivity contribution in [3.8, 4) is 11.5 Å². The van der Waals surface area contributed by atoms with Gasteiger partial charge in [0.15, 0.2) is 14.7 Å². The van der Waals surface area contributed by atoms with Gasteiger partial charge in [-0.1, -0.05) is 42.5 Å². The minimum absolute atomic E-state index is 0.189. The van der Waals surface area contributed by atoms with Gasteiger partial charge in [0.2, 0.25) is 0 Å². The summed E-state index contributed by atoms with van der Waals surface area (Å²) in [6.45, 7) is 0. The highest BCUT2D eigenvalue weighted by atomic mass is 32.2. The van der Waals surface area contributed by atoms with E-state index in [9.17, 15) is 4.39 Å². The van der Waals surface area contributed by atoms with Crippen LogP contribution in [0.3, 0.4) is 0 Å². The fourth-order valence-corrected chi connectivity index (χ4v) is 4.92. The van der Waals surface area contributed by atoms with Crippen LogP contribution in [-0.4, -0.2) is 0 Å². The second-order valence-electron chi connectivity index (χ2n) is 5.96. The summed E-state index contributed by atoms with van der Waals surface area (Å²) in [5.41, 5.74) is 0. The molecule has 4 aromatic rings. The van der Waals surface area contributed by atoms with Crippen LogP contribution in [0.2, 0.25) is 0 Å². The molecule has 0 aliphatic rings. The van der Waals surface area contributed by atoms with Crippen LogP contribution in [0.1, 0.15) is 0 Å². The van der Waals surface area contributed by atoms with E-state index >= 15 is 0 Å². The predicted octanol–water partition coefficient (Wildman–Crippen LogP) is 6.71. The predicted molar refractivity (Wildman–Crippen MR) is 108 cm³/mol. The van der Waals surface area contributed by atoms with E-state index in [1.165, 1.54) is 26.8 Å². The molecule has 0 saturated carbocycles. The molecule has 0 aliphatic heterocycles. The molecule has 27 heavy (non-hydrogen) atoms. The lowest BCUT2D eigenvalue weighted by Gasteiger charge is -2.09. The summed E-state index contributed by atoms with van der Waals surface area (Å²) in [4.78, 5) is 3.74. The molecule has 0 heterocycles. The van der Waals surface area contributed by atoms with Gasteiger partial charge in [-0.05, 0) is 60.7 Å². The first-order valence-electron chi connectivity index (χ1n) is 8.67. The molecule has 0 spiro atoms. The maximum absolute atomic E-state index is 13.3. The Morgan fingerprint density at radius 3 is 1.63 bits per heavy atom. The molecule has 0 saturated heterocycles. The molecule has 0 amide bonds. The minimum atomic E-state index is -0.307. The van der Waals surface area contributed by atoms with Gasteiger partial charge in [0, 0.05) is 6.07 Å². The molecule has 0 fully saturated rings. The van der Waals surface area contributed by atoms with E-state index in [1.54, 1.807) is 12.1 Å². The van der Waals surface area contributed by atoms with Crippen LogP contribution in [0.4, 0.5) is 4.39 Å². The number of rotatable bonds is 5. The van der Waals surface area contributed by atoms with Gasteiger partial charge in [-0.2, -0.15) is 0 Å². The van der Waals surface area contributed by atoms with Gasteiger partial charge < -0.3 is 4.74 Å². The maximum Gasteiger partial charge on any atom is 0.166 e. The number of benzene rings is 4. The number of halogens is 1. The van der Waals surface area contributed by atoms with Crippen LogP contribution in [0, 0.1) is 5.82 Å². The molecular formula is C24H18FOS+. The van der Waals surface area contributed by atoms with Crippen LogP contribution in [0.25, 0.3) is 0 Å². The van der Waals surface area contributed by atoms with E-state index in [-0.39, 0.29) is 16.7 Å². The number of hydrogen-bond donors (Lipinski definition) is 0. The summed E-state index contributed by atoms with van der Waals surface area (Å²) in [7, 11) is -0.189. The van der Waals surface area contributed by atoms with Gasteiger partial charge in [-0.3, -0.25) is 0 Å². The van der Waals surface area contributed by atoms with Crippen LogP contribution in [-0.2, 0) is 10.9 Å². The second kappa shape index (κ2) is 8.11. The first-order chi connectivity index (χ1) is 13.3. The van der Waals surface area contributed by atoms with Gasteiger partial charge in [-0.15, -0.1) is 0 Å². The summed E-state index contributed by atoms with van der Waals surface area (Å²) >= 11 is 0. The lowest BCUT2D eigenvalue weighted by Crippen LogP contribution is -2.04. The van der Waals surface area contributed by atoms with E-state index in [0.717, 1.165) is 0 Å². The molecule has 0 aliphatic carbocycles. The zero-order chi connectivity index (χ0) is 18.5. The molecule has 1 nitrogen and oxygen atoms in total. The first kappa shape index (κ1) is 17.4. The van der Waals surface area contributed by atoms with Crippen LogP contribution in [0.15, 0.2) is 124 Å². The first-order valence-corrected chi connectivity index (χ1v) is 9.90. The third-order valence-corrected chi connectivity index (χ3v) is 6.28. The summed E-state index contributed by atoms with van der Waals surface area (Å²) in [6.07, 6.45) is 0. The van der Waals surface area contributed by atoms with Crippen molar-refractivity contribution < 1.29 is 9.13 Å². The lowest BCUT2D eigenvalue weighted by molar-refractivity contribution is 0.476. The topological polar surface area (TPSA) is 9.23 Å². The van der Waals surface area contributed by atoms with E-state index in [4.69, 9.17) is 4.74 Å². The largest absolute Gasteiger partial charge is 0.457 e. The lowest BCUT2D eigenvalue weighted by atomic mass is 10.3. The van der Waals surface area contributed by atoms with Crippen molar-refractivity contribution in [1.82, 2.24) is 0 Å². The Morgan fingerprint density at radius 1 is 0.519 bits per heavy atom. The number of ether oxygens (including phenoxy) is 1. The summed E-state index contributed by atoms with van der Waals surface area (Å²) in [5, 5.41) is 0. The van der Waals surface area contributed by atoms with Crippen molar-refractivity contribution in [2.24, 2.45) is 0 Å². The average molecular weight is 373 g/mol. The molecule has 0 unspecified atom stereocenters. The van der Waals surface area contributed by atoms with Gasteiger partial charge in [-0.25, -0.2) is 4.39 Å². The fourth-order valence-electron chi connectivity index (χ4n) is 2.83. The van der Waals surface area contributed by atoms with E-state index < -0.39 is 0 Å². The second-order valence-corrected chi connectivity index (χ2v) is 7.99. The Labute approximate surface area is 161 Å². The van der Waals surface area contributed by atoms with Crippen molar-refractivity contribution >= 4 is 10.9 Å². The van der Waals surface area contributed by atoms with Crippen LogP contribution >= 0.6 is 0 Å². The highest BCUT2D eigenvalue weighted by Crippen LogP contribution is 2.32. The molecule has 4 aromatic carbocycles. The molecule has 3 heteroatoms. The van der Waals surface area contributed by atoms with Crippen molar-refractivity contribution in [3.63, 3.8) is 0 Å². The van der Waals surface area contributed by atoms with Crippen LogP contribution in [0.5, 0.6) is 11.5 Å². The molecule has 132 valence electrons. The molecule has 0 N–H and O–H groups in total. The molecule has 4 rings (SSSR count). The van der Waals surface area contributed by atoms with Crippen molar-refractivity contribution in [2.45, 2.75) is 14.7 Å². The number of hydrogen-bond acceptors (Lipinski definition) is 1. The quantitative estimate of drug-likeness (QED) is 0.353. The smallest absolute Gasteiger partial charge is 0.166 e. The normalized spacial score (nSPS) is 10.7. The zero-order valence-corrected chi connectivity index (χ0v) is 15.4. The Hall–Kier alpha value is -3.04. The zero-order valence-electron chi connectivity index (χ0n) is 14.6. The Balaban J connectivity index is 1.65. The van der Waals surface area contributed by atoms with Crippen molar-refractivity contribution in [1.29, 1.82) is 0 Å². The standard InChI is InChI=1S/C24H18FOS/c25-19-8-7-9-21(18-19)26-20-14-16-24(17-15-20)27(22-10-3-1-4-11-22)23-12-5-2-6-13-23/h1-18H/q+1. The molecular weight excluding hydrogens is 355 g/mol. The summed E-state index contributed by atoms with van der Waals surface area (Å²) in [6, 6.07) is 35.2. The van der Waals surface area contributed by atoms with E-state index in [2.05, 4.69) is 60.7 Å². The van der Waals surface area contributed by atoms with Crippen molar-refractivity contribution in [3.05, 3.63) is 115 Å². The minimum Gasteiger partial charge on any atom is -0.457 e. The summed E-state index contributed by atoms with van der Waals surface area (Å²) < 4.78 is 19.1. The maximum atomic E-state index is 13.3. The highest BCUT2D eigenvalue weighted by molar-refractivity contribution is 7.97. The Bertz CT molecular complexity index is 962. The van der Waals surface area contributed by atoms with Gasteiger partial charge in [0.25, 0.3) is 0 Å². The monoisotopic (exact) mass is 373 g/mol. The molecule has 0 bridgehead atoms. The third-order valence-electron chi connectivity index (χ3n) is 4.05. The summed E-state index contributed by atoms with van der Waals surface area (Å²) in [5.74, 6) is 0.876. The molecule has 0 atom stereocenters. The van der Waals surface area contributed by atoms with Crippen molar-refractivity contribution in [2.75, 3.05) is 0 Å². The van der Waals surface area contributed by atoms with Crippen LogP contribution < -0.4 is 4.74 Å². The van der Waals surface area contributed by atoms with Gasteiger partial charge >= 0.3 is 0 Å². The van der Waals surface area contributed by atoms with Gasteiger partial charge in [0.1, 0.15) is 17.3 Å². The third kappa shape index (κ3) is 4.21. The average Bonchev–Trinajstić information content (AvgIpc) is 2.71. The Kier molecular flexibility index (Phi) is 5.22. The molecule has 0 radical (unpaired) electrons. The van der Waals surface area contributed by atoms with E-state index in [1.807, 2.05) is 24.3 Å².